The van der Waals surface area contributed by atoms with E-state index < -0.39 is 0 Å². The Kier molecular flexibility index (Phi) is 4.83. The van der Waals surface area contributed by atoms with Gasteiger partial charge in [-0.05, 0) is 5.56 Å². The molecule has 0 aromatic heterocycles. The van der Waals surface area contributed by atoms with Crippen LogP contribution in [0.3, 0.4) is 0 Å². The van der Waals surface area contributed by atoms with E-state index in [1.54, 1.807) is 0 Å². The molecule has 0 unspecified atom stereocenters. The lowest BCUT2D eigenvalue weighted by atomic mass is 10.0. The van der Waals surface area contributed by atoms with Gasteiger partial charge in [0, 0.05) is 6.42 Å². The van der Waals surface area contributed by atoms with Crippen molar-refractivity contribution in [1.82, 2.24) is 0 Å². The summed E-state index contributed by atoms with van der Waals surface area (Å²) in [5.41, 5.74) is 1.01. The van der Waals surface area contributed by atoms with Gasteiger partial charge in [-0.1, -0.05) is 43.1 Å². The highest BCUT2D eigenvalue weighted by Gasteiger charge is 2.01. The van der Waals surface area contributed by atoms with Gasteiger partial charge in [-0.15, -0.1) is 0 Å². The number of carbonyl (C=O) groups excluding carboxylic acids is 1. The van der Waals surface area contributed by atoms with Crippen LogP contribution in [0.2, 0.25) is 6.32 Å². The summed E-state index contributed by atoms with van der Waals surface area (Å²) in [5, 5.41) is 0. The van der Waals surface area contributed by atoms with Crippen LogP contribution in [0.15, 0.2) is 30.3 Å². The highest BCUT2D eigenvalue weighted by Crippen LogP contribution is 2.03. The molecule has 0 amide bonds. The number of hydrogen-bond donors (Lipinski definition) is 0. The van der Waals surface area contributed by atoms with E-state index in [4.69, 9.17) is 12.6 Å². The fraction of sp³-hybridized carbons (Fsp3) is 0.364. The Balaban J connectivity index is 2.24. The highest BCUT2D eigenvalue weighted by molar-refractivity contribution is 6.08. The summed E-state index contributed by atoms with van der Waals surface area (Å²) in [6.07, 6.45) is 1.62. The quantitative estimate of drug-likeness (QED) is 0.522. The molecule has 14 heavy (non-hydrogen) atoms. The molecule has 0 heterocycles. The molecule has 0 N–H and O–H groups in total. The number of hydrogen-bond acceptors (Lipinski definition) is 2. The van der Waals surface area contributed by atoms with Gasteiger partial charge in [0.05, 0.1) is 7.85 Å². The molecular formula is C11H13BO2. The van der Waals surface area contributed by atoms with Crippen LogP contribution < -0.4 is 0 Å². The first-order valence-electron chi connectivity index (χ1n) is 4.72. The molecule has 0 aliphatic carbocycles. The Bertz CT molecular complexity index is 272. The summed E-state index contributed by atoms with van der Waals surface area (Å²) in [5.74, 6) is -0.181. The predicted octanol–water partition coefficient (Wildman–Crippen LogP) is 2.10. The average Bonchev–Trinajstić information content (AvgIpc) is 2.25. The fourth-order valence-electron chi connectivity index (χ4n) is 1.06. The molecule has 0 atom stereocenters. The third-order valence-electron chi connectivity index (χ3n) is 1.83. The van der Waals surface area contributed by atoms with E-state index in [0.717, 1.165) is 5.56 Å². The molecule has 0 fully saturated rings. The number of benzene rings is 1. The summed E-state index contributed by atoms with van der Waals surface area (Å²) in [7, 11) is 5.28. The molecule has 1 rings (SSSR count). The molecular weight excluding hydrogens is 175 g/mol. The first-order valence-corrected chi connectivity index (χ1v) is 4.72. The first kappa shape index (κ1) is 10.8. The van der Waals surface area contributed by atoms with Crippen molar-refractivity contribution in [2.45, 2.75) is 25.8 Å². The zero-order chi connectivity index (χ0) is 10.2. The monoisotopic (exact) mass is 188 g/mol. The topological polar surface area (TPSA) is 26.3 Å². The Hall–Kier alpha value is -1.25. The standard InChI is InChI=1S/C11H13BO2/c12-8-4-7-11(13)14-9-10-5-2-1-3-6-10/h1-3,5-6H,4,7-9H2. The zero-order valence-corrected chi connectivity index (χ0v) is 8.11. The van der Waals surface area contributed by atoms with E-state index in [9.17, 15) is 4.79 Å². The number of esters is 1. The van der Waals surface area contributed by atoms with Gasteiger partial charge in [-0.25, -0.2) is 0 Å². The molecule has 1 aromatic rings. The molecule has 0 saturated carbocycles. The normalized spacial score (nSPS) is 9.71. The third-order valence-corrected chi connectivity index (χ3v) is 1.83. The molecule has 2 radical (unpaired) electrons. The summed E-state index contributed by atoms with van der Waals surface area (Å²) in [6, 6.07) is 9.62. The molecule has 0 aliphatic rings. The molecule has 0 bridgehead atoms. The zero-order valence-electron chi connectivity index (χ0n) is 8.11. The van der Waals surface area contributed by atoms with E-state index >= 15 is 0 Å². The van der Waals surface area contributed by atoms with Crippen LogP contribution in [0.4, 0.5) is 0 Å². The largest absolute Gasteiger partial charge is 0.461 e. The highest BCUT2D eigenvalue weighted by atomic mass is 16.5. The van der Waals surface area contributed by atoms with Crippen LogP contribution in [0.5, 0.6) is 0 Å². The van der Waals surface area contributed by atoms with Crippen LogP contribution in [0, 0.1) is 0 Å². The molecule has 3 heteroatoms. The summed E-state index contributed by atoms with van der Waals surface area (Å²) in [4.78, 5) is 11.1. The van der Waals surface area contributed by atoms with Crippen LogP contribution in [-0.4, -0.2) is 13.8 Å². The van der Waals surface area contributed by atoms with Crippen molar-refractivity contribution in [2.24, 2.45) is 0 Å². The Morgan fingerprint density at radius 2 is 2.00 bits per heavy atom. The maximum absolute atomic E-state index is 11.1. The third kappa shape index (κ3) is 4.12. The lowest BCUT2D eigenvalue weighted by Crippen LogP contribution is -2.03. The van der Waals surface area contributed by atoms with Gasteiger partial charge in [0.15, 0.2) is 0 Å². The SMILES string of the molecule is [B]CCCC(=O)OCc1ccccc1. The van der Waals surface area contributed by atoms with Crippen molar-refractivity contribution >= 4 is 13.8 Å². The van der Waals surface area contributed by atoms with E-state index in [2.05, 4.69) is 0 Å². The molecule has 2 nitrogen and oxygen atoms in total. The summed E-state index contributed by atoms with van der Waals surface area (Å²) < 4.78 is 5.04. The van der Waals surface area contributed by atoms with Crippen LogP contribution in [-0.2, 0) is 16.1 Å². The molecule has 0 saturated heterocycles. The number of ether oxygens (including phenoxy) is 1. The van der Waals surface area contributed by atoms with Crippen molar-refractivity contribution in [1.29, 1.82) is 0 Å². The second-order valence-corrected chi connectivity index (χ2v) is 3.04. The van der Waals surface area contributed by atoms with E-state index in [1.165, 1.54) is 0 Å². The predicted molar refractivity (Wildman–Crippen MR) is 56.0 cm³/mol. The van der Waals surface area contributed by atoms with E-state index in [0.29, 0.717) is 25.8 Å². The van der Waals surface area contributed by atoms with Gasteiger partial charge in [0.1, 0.15) is 6.61 Å². The molecule has 1 aromatic carbocycles. The minimum atomic E-state index is -0.181. The van der Waals surface area contributed by atoms with Crippen LogP contribution in [0.25, 0.3) is 0 Å². The summed E-state index contributed by atoms with van der Waals surface area (Å²) in [6.45, 7) is 0.351. The second-order valence-electron chi connectivity index (χ2n) is 3.04. The second kappa shape index (κ2) is 6.25. The van der Waals surface area contributed by atoms with Crippen molar-refractivity contribution < 1.29 is 9.53 Å². The lowest BCUT2D eigenvalue weighted by molar-refractivity contribution is -0.144. The summed E-state index contributed by atoms with van der Waals surface area (Å²) >= 11 is 0. The van der Waals surface area contributed by atoms with Gasteiger partial charge < -0.3 is 4.74 Å². The van der Waals surface area contributed by atoms with Crippen molar-refractivity contribution in [3.8, 4) is 0 Å². The van der Waals surface area contributed by atoms with Crippen LogP contribution >= 0.6 is 0 Å². The Morgan fingerprint density at radius 1 is 1.29 bits per heavy atom. The fourth-order valence-corrected chi connectivity index (χ4v) is 1.06. The first-order chi connectivity index (χ1) is 6.83. The van der Waals surface area contributed by atoms with Gasteiger partial charge in [0.2, 0.25) is 0 Å². The van der Waals surface area contributed by atoms with Gasteiger partial charge in [0.25, 0.3) is 0 Å². The lowest BCUT2D eigenvalue weighted by Gasteiger charge is -2.03. The average molecular weight is 188 g/mol. The van der Waals surface area contributed by atoms with Gasteiger partial charge in [-0.2, -0.15) is 0 Å². The van der Waals surface area contributed by atoms with Crippen molar-refractivity contribution in [3.63, 3.8) is 0 Å². The molecule has 0 aliphatic heterocycles. The van der Waals surface area contributed by atoms with Crippen molar-refractivity contribution in [2.75, 3.05) is 0 Å². The van der Waals surface area contributed by atoms with Gasteiger partial charge >= 0.3 is 5.97 Å². The van der Waals surface area contributed by atoms with E-state index in [1.807, 2.05) is 30.3 Å². The molecule has 0 spiro atoms. The maximum atomic E-state index is 11.1. The number of rotatable bonds is 5. The smallest absolute Gasteiger partial charge is 0.306 e. The minimum absolute atomic E-state index is 0.181. The van der Waals surface area contributed by atoms with Crippen molar-refractivity contribution in [3.05, 3.63) is 35.9 Å². The minimum Gasteiger partial charge on any atom is -0.461 e. The maximum Gasteiger partial charge on any atom is 0.306 e. The Labute approximate surface area is 85.7 Å². The number of carbonyl (C=O) groups is 1. The van der Waals surface area contributed by atoms with Gasteiger partial charge in [-0.3, -0.25) is 4.79 Å². The Morgan fingerprint density at radius 3 is 2.64 bits per heavy atom. The van der Waals surface area contributed by atoms with E-state index in [-0.39, 0.29) is 5.97 Å². The molecule has 72 valence electrons. The van der Waals surface area contributed by atoms with Crippen LogP contribution in [0.1, 0.15) is 18.4 Å².